The van der Waals surface area contributed by atoms with Gasteiger partial charge in [0.1, 0.15) is 0 Å². The molecule has 0 bridgehead atoms. The van der Waals surface area contributed by atoms with E-state index in [1.165, 1.54) is 6.07 Å². The maximum absolute atomic E-state index is 13.0. The third-order valence-corrected chi connectivity index (χ3v) is 5.16. The number of nitrogens with one attached hydrogen (secondary N) is 1. The summed E-state index contributed by atoms with van der Waals surface area (Å²) in [5, 5.41) is 8.05. The van der Waals surface area contributed by atoms with Crippen molar-refractivity contribution in [2.75, 3.05) is 11.1 Å². The van der Waals surface area contributed by atoms with Gasteiger partial charge in [-0.15, -0.1) is 11.8 Å². The van der Waals surface area contributed by atoms with E-state index >= 15 is 0 Å². The van der Waals surface area contributed by atoms with Crippen LogP contribution in [0.15, 0.2) is 35.4 Å². The van der Waals surface area contributed by atoms with E-state index < -0.39 is 23.9 Å². The second-order valence-corrected chi connectivity index (χ2v) is 7.25. The molecule has 0 unspecified atom stereocenters. The molecule has 4 nitrogen and oxygen atoms in total. The van der Waals surface area contributed by atoms with Gasteiger partial charge in [0.05, 0.1) is 17.0 Å². The zero-order valence-corrected chi connectivity index (χ0v) is 15.8. The molecule has 1 N–H and O–H groups in total. The van der Waals surface area contributed by atoms with Crippen molar-refractivity contribution in [3.05, 3.63) is 47.3 Å². The van der Waals surface area contributed by atoms with E-state index in [9.17, 15) is 22.0 Å². The van der Waals surface area contributed by atoms with Crippen LogP contribution < -0.4 is 5.32 Å². The molecule has 0 atom stereocenters. The van der Waals surface area contributed by atoms with Gasteiger partial charge in [0.25, 0.3) is 0 Å². The summed E-state index contributed by atoms with van der Waals surface area (Å²) in [6.07, 6.45) is -5.47. The zero-order chi connectivity index (χ0) is 20.5. The molecule has 1 aromatic carbocycles. The number of aryl methyl sites for hydroxylation is 2. The van der Waals surface area contributed by atoms with Crippen molar-refractivity contribution in [1.29, 1.82) is 0 Å². The zero-order valence-electron chi connectivity index (χ0n) is 15.0. The molecule has 3 aromatic rings. The lowest BCUT2D eigenvalue weighted by atomic mass is 10.1. The van der Waals surface area contributed by atoms with Gasteiger partial charge in [0.2, 0.25) is 6.43 Å². The van der Waals surface area contributed by atoms with Crippen molar-refractivity contribution in [1.82, 2.24) is 14.8 Å². The SMILES string of the molecule is Cc1nn(C)c2ncc(CNc3cc(C(F)(F)F)ccc3SCC(F)F)cc12. The van der Waals surface area contributed by atoms with Gasteiger partial charge in [-0.1, -0.05) is 0 Å². The average molecular weight is 416 g/mol. The fourth-order valence-electron chi connectivity index (χ4n) is 2.77. The minimum absolute atomic E-state index is 0.156. The standard InChI is InChI=1S/C18H17F5N4S/c1-10-13-5-11(8-25-17(13)27(2)26-10)7-24-14-6-12(18(21,22)23)3-4-15(14)28-9-16(19)20/h3-6,8,16,24H,7,9H2,1-2H3. The number of hydrogen-bond donors (Lipinski definition) is 1. The number of rotatable bonds is 6. The summed E-state index contributed by atoms with van der Waals surface area (Å²) in [4.78, 5) is 4.66. The number of hydrogen-bond acceptors (Lipinski definition) is 4. The van der Waals surface area contributed by atoms with E-state index in [1.807, 2.05) is 13.0 Å². The number of halogens is 5. The van der Waals surface area contributed by atoms with Crippen LogP contribution in [-0.2, 0) is 19.8 Å². The average Bonchev–Trinajstić information content (AvgIpc) is 2.91. The molecule has 28 heavy (non-hydrogen) atoms. The summed E-state index contributed by atoms with van der Waals surface area (Å²) in [7, 11) is 1.77. The number of pyridine rings is 1. The Balaban J connectivity index is 1.86. The first-order valence-electron chi connectivity index (χ1n) is 8.29. The van der Waals surface area contributed by atoms with Crippen LogP contribution in [-0.4, -0.2) is 26.9 Å². The van der Waals surface area contributed by atoms with Crippen LogP contribution in [0, 0.1) is 6.92 Å². The van der Waals surface area contributed by atoms with Crippen LogP contribution in [0.25, 0.3) is 11.0 Å². The van der Waals surface area contributed by atoms with Crippen LogP contribution >= 0.6 is 11.8 Å². The van der Waals surface area contributed by atoms with E-state index in [4.69, 9.17) is 0 Å². The Morgan fingerprint density at radius 1 is 1.21 bits per heavy atom. The van der Waals surface area contributed by atoms with Crippen molar-refractivity contribution < 1.29 is 22.0 Å². The number of anilines is 1. The molecular formula is C18H17F5N4S. The van der Waals surface area contributed by atoms with Crippen LogP contribution in [0.4, 0.5) is 27.6 Å². The highest BCUT2D eigenvalue weighted by atomic mass is 32.2. The van der Waals surface area contributed by atoms with Gasteiger partial charge < -0.3 is 5.32 Å². The fraction of sp³-hybridized carbons (Fsp3) is 0.333. The molecule has 2 heterocycles. The third-order valence-electron chi connectivity index (χ3n) is 4.07. The normalized spacial score (nSPS) is 12.1. The van der Waals surface area contributed by atoms with Gasteiger partial charge in [-0.2, -0.15) is 18.3 Å². The Kier molecular flexibility index (Phi) is 5.78. The van der Waals surface area contributed by atoms with E-state index in [0.717, 1.165) is 40.5 Å². The molecule has 2 aromatic heterocycles. The molecule has 0 aliphatic rings. The van der Waals surface area contributed by atoms with Crippen LogP contribution in [0.3, 0.4) is 0 Å². The second-order valence-electron chi connectivity index (χ2n) is 6.19. The number of fused-ring (bicyclic) bond motifs is 1. The molecule has 3 rings (SSSR count). The minimum Gasteiger partial charge on any atom is -0.380 e. The van der Waals surface area contributed by atoms with E-state index in [-0.39, 0.29) is 12.2 Å². The second kappa shape index (κ2) is 7.94. The topological polar surface area (TPSA) is 42.7 Å². The predicted octanol–water partition coefficient (Wildman–Crippen LogP) is 5.26. The lowest BCUT2D eigenvalue weighted by Crippen LogP contribution is -2.08. The fourth-order valence-corrected chi connectivity index (χ4v) is 3.52. The molecule has 0 saturated heterocycles. The minimum atomic E-state index is -4.52. The number of benzene rings is 1. The largest absolute Gasteiger partial charge is 0.416 e. The van der Waals surface area contributed by atoms with Gasteiger partial charge >= 0.3 is 6.18 Å². The highest BCUT2D eigenvalue weighted by molar-refractivity contribution is 7.99. The molecule has 0 radical (unpaired) electrons. The Hall–Kier alpha value is -2.36. The van der Waals surface area contributed by atoms with Crippen LogP contribution in [0.1, 0.15) is 16.8 Å². The van der Waals surface area contributed by atoms with Crippen molar-refractivity contribution in [3.63, 3.8) is 0 Å². The highest BCUT2D eigenvalue weighted by Crippen LogP contribution is 2.36. The van der Waals surface area contributed by atoms with Crippen LogP contribution in [0.2, 0.25) is 0 Å². The van der Waals surface area contributed by atoms with Crippen LogP contribution in [0.5, 0.6) is 0 Å². The molecule has 0 fully saturated rings. The first-order chi connectivity index (χ1) is 13.1. The first kappa shape index (κ1) is 20.4. The summed E-state index contributed by atoms with van der Waals surface area (Å²) < 4.78 is 65.8. The summed E-state index contributed by atoms with van der Waals surface area (Å²) in [6, 6.07) is 4.91. The van der Waals surface area contributed by atoms with Crippen molar-refractivity contribution in [3.8, 4) is 0 Å². The van der Waals surface area contributed by atoms with Gasteiger partial charge in [-0.3, -0.25) is 4.68 Å². The van der Waals surface area contributed by atoms with Gasteiger partial charge in [0.15, 0.2) is 5.65 Å². The molecule has 0 spiro atoms. The lowest BCUT2D eigenvalue weighted by Gasteiger charge is -2.15. The predicted molar refractivity (Wildman–Crippen MR) is 98.7 cm³/mol. The van der Waals surface area contributed by atoms with Crippen molar-refractivity contribution in [2.45, 2.75) is 31.0 Å². The number of nitrogens with zero attached hydrogens (tertiary/aromatic N) is 3. The Labute approximate surface area is 162 Å². The maximum atomic E-state index is 13.0. The van der Waals surface area contributed by atoms with E-state index in [2.05, 4.69) is 15.4 Å². The third kappa shape index (κ3) is 4.54. The summed E-state index contributed by atoms with van der Waals surface area (Å²) in [5.74, 6) is -0.498. The van der Waals surface area contributed by atoms with Gasteiger partial charge in [-0.05, 0) is 36.8 Å². The van der Waals surface area contributed by atoms with Crippen molar-refractivity contribution in [2.24, 2.45) is 7.05 Å². The molecule has 0 amide bonds. The quantitative estimate of drug-likeness (QED) is 0.439. The molecule has 150 valence electrons. The van der Waals surface area contributed by atoms with Crippen molar-refractivity contribution >= 4 is 28.5 Å². The first-order valence-corrected chi connectivity index (χ1v) is 9.28. The number of alkyl halides is 5. The Morgan fingerprint density at radius 3 is 2.64 bits per heavy atom. The summed E-state index contributed by atoms with van der Waals surface area (Å²) in [6.45, 7) is 2.04. The number of aromatic nitrogens is 3. The molecule has 0 aliphatic carbocycles. The van der Waals surface area contributed by atoms with Gasteiger partial charge in [-0.25, -0.2) is 13.8 Å². The monoisotopic (exact) mass is 416 g/mol. The molecule has 0 saturated carbocycles. The number of thioether (sulfide) groups is 1. The van der Waals surface area contributed by atoms with E-state index in [1.54, 1.807) is 17.9 Å². The highest BCUT2D eigenvalue weighted by Gasteiger charge is 2.31. The molecular weight excluding hydrogens is 399 g/mol. The Bertz CT molecular complexity index is 984. The van der Waals surface area contributed by atoms with Gasteiger partial charge in [0, 0.05) is 35.8 Å². The molecule has 0 aliphatic heterocycles. The smallest absolute Gasteiger partial charge is 0.380 e. The Morgan fingerprint density at radius 2 is 1.96 bits per heavy atom. The van der Waals surface area contributed by atoms with E-state index in [0.29, 0.717) is 10.5 Å². The summed E-state index contributed by atoms with van der Waals surface area (Å²) >= 11 is 0.809. The maximum Gasteiger partial charge on any atom is 0.416 e. The molecule has 10 heteroatoms. The summed E-state index contributed by atoms with van der Waals surface area (Å²) in [5.41, 5.74) is 1.55. The lowest BCUT2D eigenvalue weighted by molar-refractivity contribution is -0.137.